The van der Waals surface area contributed by atoms with E-state index in [0.717, 1.165) is 11.4 Å². The number of pyridine rings is 1. The standard InChI is InChI=1S/C15H16FN3O/c1-10-4-6-12(13(16)8-10)15(20)18-11-5-7-14(17-9-11)19(2)3/h4-9H,1-3H3,(H,18,20). The number of anilines is 2. The summed E-state index contributed by atoms with van der Waals surface area (Å²) in [4.78, 5) is 18.0. The molecule has 1 amide bonds. The van der Waals surface area contributed by atoms with E-state index < -0.39 is 11.7 Å². The summed E-state index contributed by atoms with van der Waals surface area (Å²) in [5.74, 6) is -0.230. The van der Waals surface area contributed by atoms with E-state index in [-0.39, 0.29) is 5.56 Å². The number of hydrogen-bond donors (Lipinski definition) is 1. The van der Waals surface area contributed by atoms with Gasteiger partial charge >= 0.3 is 0 Å². The monoisotopic (exact) mass is 273 g/mol. The summed E-state index contributed by atoms with van der Waals surface area (Å²) in [5, 5.41) is 2.62. The predicted octanol–water partition coefficient (Wildman–Crippen LogP) is 2.85. The molecule has 1 aromatic heterocycles. The lowest BCUT2D eigenvalue weighted by Gasteiger charge is -2.12. The van der Waals surface area contributed by atoms with Crippen molar-refractivity contribution in [3.05, 3.63) is 53.5 Å². The molecule has 0 radical (unpaired) electrons. The van der Waals surface area contributed by atoms with Gasteiger partial charge < -0.3 is 10.2 Å². The molecule has 0 aliphatic rings. The van der Waals surface area contributed by atoms with Gasteiger partial charge in [0.2, 0.25) is 0 Å². The predicted molar refractivity (Wildman–Crippen MR) is 77.7 cm³/mol. The number of amides is 1. The molecule has 1 aromatic carbocycles. The number of nitrogens with zero attached hydrogens (tertiary/aromatic N) is 2. The molecule has 0 bridgehead atoms. The summed E-state index contributed by atoms with van der Waals surface area (Å²) >= 11 is 0. The third-order valence-corrected chi connectivity index (χ3v) is 2.83. The van der Waals surface area contributed by atoms with Crippen LogP contribution < -0.4 is 10.2 Å². The normalized spacial score (nSPS) is 10.2. The van der Waals surface area contributed by atoms with Crippen molar-refractivity contribution >= 4 is 17.4 Å². The topological polar surface area (TPSA) is 45.2 Å². The summed E-state index contributed by atoms with van der Waals surface area (Å²) in [7, 11) is 3.75. The minimum absolute atomic E-state index is 0.0206. The van der Waals surface area contributed by atoms with Crippen LogP contribution in [-0.4, -0.2) is 25.0 Å². The summed E-state index contributed by atoms with van der Waals surface area (Å²) in [6.45, 7) is 1.77. The van der Waals surface area contributed by atoms with Crippen molar-refractivity contribution < 1.29 is 9.18 Å². The molecule has 0 saturated carbocycles. The summed E-state index contributed by atoms with van der Waals surface area (Å²) in [6, 6.07) is 8.02. The Labute approximate surface area is 117 Å². The second kappa shape index (κ2) is 5.69. The van der Waals surface area contributed by atoms with Gasteiger partial charge in [0, 0.05) is 14.1 Å². The van der Waals surface area contributed by atoms with Crippen LogP contribution in [0, 0.1) is 12.7 Å². The number of hydrogen-bond acceptors (Lipinski definition) is 3. The van der Waals surface area contributed by atoms with E-state index in [1.165, 1.54) is 12.1 Å². The first-order valence-corrected chi connectivity index (χ1v) is 6.18. The van der Waals surface area contributed by atoms with Crippen molar-refractivity contribution in [3.8, 4) is 0 Å². The Hall–Kier alpha value is -2.43. The lowest BCUT2D eigenvalue weighted by molar-refractivity contribution is 0.102. The fourth-order valence-corrected chi connectivity index (χ4v) is 1.73. The highest BCUT2D eigenvalue weighted by atomic mass is 19.1. The number of aryl methyl sites for hydroxylation is 1. The molecule has 0 aliphatic heterocycles. The maximum Gasteiger partial charge on any atom is 0.258 e. The number of rotatable bonds is 3. The Balaban J connectivity index is 2.15. The lowest BCUT2D eigenvalue weighted by atomic mass is 10.1. The summed E-state index contributed by atoms with van der Waals surface area (Å²) in [5.41, 5.74) is 1.32. The lowest BCUT2D eigenvalue weighted by Crippen LogP contribution is -2.15. The fraction of sp³-hybridized carbons (Fsp3) is 0.200. The Bertz CT molecular complexity index is 624. The van der Waals surface area contributed by atoms with Gasteiger partial charge in [-0.1, -0.05) is 6.07 Å². The van der Waals surface area contributed by atoms with E-state index in [2.05, 4.69) is 10.3 Å². The van der Waals surface area contributed by atoms with Crippen molar-refractivity contribution in [2.24, 2.45) is 0 Å². The van der Waals surface area contributed by atoms with Gasteiger partial charge in [-0.25, -0.2) is 9.37 Å². The average Bonchev–Trinajstić information content (AvgIpc) is 2.39. The number of carbonyl (C=O) groups excluding carboxylic acids is 1. The van der Waals surface area contributed by atoms with Crippen LogP contribution >= 0.6 is 0 Å². The molecule has 0 atom stereocenters. The number of carbonyl (C=O) groups is 1. The Morgan fingerprint density at radius 1 is 1.25 bits per heavy atom. The third kappa shape index (κ3) is 3.12. The van der Waals surface area contributed by atoms with Crippen LogP contribution in [0.15, 0.2) is 36.5 Å². The second-order valence-electron chi connectivity index (χ2n) is 4.74. The van der Waals surface area contributed by atoms with Crippen molar-refractivity contribution in [2.45, 2.75) is 6.92 Å². The van der Waals surface area contributed by atoms with E-state index in [1.54, 1.807) is 31.3 Å². The van der Waals surface area contributed by atoms with Crippen LogP contribution in [0.2, 0.25) is 0 Å². The van der Waals surface area contributed by atoms with E-state index in [4.69, 9.17) is 0 Å². The Morgan fingerprint density at radius 3 is 2.55 bits per heavy atom. The molecule has 0 spiro atoms. The SMILES string of the molecule is Cc1ccc(C(=O)Nc2ccc(N(C)C)nc2)c(F)c1. The van der Waals surface area contributed by atoms with E-state index >= 15 is 0 Å². The molecule has 0 fully saturated rings. The quantitative estimate of drug-likeness (QED) is 0.935. The smallest absolute Gasteiger partial charge is 0.258 e. The highest BCUT2D eigenvalue weighted by molar-refractivity contribution is 6.04. The van der Waals surface area contributed by atoms with Crippen LogP contribution in [0.3, 0.4) is 0 Å². The molecular weight excluding hydrogens is 257 g/mol. The molecule has 5 heteroatoms. The third-order valence-electron chi connectivity index (χ3n) is 2.83. The highest BCUT2D eigenvalue weighted by Crippen LogP contribution is 2.15. The van der Waals surface area contributed by atoms with Crippen molar-refractivity contribution in [3.63, 3.8) is 0 Å². The number of halogens is 1. The van der Waals surface area contributed by atoms with Gasteiger partial charge in [0.15, 0.2) is 0 Å². The number of benzene rings is 1. The van der Waals surface area contributed by atoms with Gasteiger partial charge in [0.05, 0.1) is 17.4 Å². The largest absolute Gasteiger partial charge is 0.363 e. The zero-order chi connectivity index (χ0) is 14.7. The molecule has 104 valence electrons. The first-order chi connectivity index (χ1) is 9.47. The Kier molecular flexibility index (Phi) is 3.98. The molecule has 20 heavy (non-hydrogen) atoms. The van der Waals surface area contributed by atoms with E-state index in [9.17, 15) is 9.18 Å². The van der Waals surface area contributed by atoms with Crippen molar-refractivity contribution in [1.82, 2.24) is 4.98 Å². The maximum atomic E-state index is 13.7. The van der Waals surface area contributed by atoms with Crippen LogP contribution in [0.1, 0.15) is 15.9 Å². The zero-order valence-electron chi connectivity index (χ0n) is 11.6. The Morgan fingerprint density at radius 2 is 2.00 bits per heavy atom. The second-order valence-corrected chi connectivity index (χ2v) is 4.74. The van der Waals surface area contributed by atoms with Crippen LogP contribution in [0.5, 0.6) is 0 Å². The van der Waals surface area contributed by atoms with E-state index in [0.29, 0.717) is 5.69 Å². The minimum atomic E-state index is -0.527. The van der Waals surface area contributed by atoms with Crippen LogP contribution in [-0.2, 0) is 0 Å². The van der Waals surface area contributed by atoms with Gasteiger partial charge in [0.1, 0.15) is 11.6 Å². The highest BCUT2D eigenvalue weighted by Gasteiger charge is 2.12. The molecule has 0 unspecified atom stereocenters. The first-order valence-electron chi connectivity index (χ1n) is 6.18. The van der Waals surface area contributed by atoms with E-state index in [1.807, 2.05) is 19.0 Å². The molecule has 1 heterocycles. The maximum absolute atomic E-state index is 13.7. The van der Waals surface area contributed by atoms with Crippen molar-refractivity contribution in [1.29, 1.82) is 0 Å². The van der Waals surface area contributed by atoms with Gasteiger partial charge in [-0.15, -0.1) is 0 Å². The average molecular weight is 273 g/mol. The fourth-order valence-electron chi connectivity index (χ4n) is 1.73. The molecule has 2 rings (SSSR count). The van der Waals surface area contributed by atoms with Gasteiger partial charge in [0.25, 0.3) is 5.91 Å². The minimum Gasteiger partial charge on any atom is -0.363 e. The van der Waals surface area contributed by atoms with Crippen LogP contribution in [0.4, 0.5) is 15.9 Å². The number of aromatic nitrogens is 1. The number of nitrogens with one attached hydrogen (secondary N) is 1. The molecular formula is C15H16FN3O. The summed E-state index contributed by atoms with van der Waals surface area (Å²) in [6.07, 6.45) is 1.54. The first kappa shape index (κ1) is 14.0. The molecule has 2 aromatic rings. The summed E-state index contributed by atoms with van der Waals surface area (Å²) < 4.78 is 13.7. The molecule has 0 saturated heterocycles. The molecule has 0 aliphatic carbocycles. The zero-order valence-corrected chi connectivity index (χ0v) is 11.6. The van der Waals surface area contributed by atoms with Gasteiger partial charge in [-0.05, 0) is 36.8 Å². The molecule has 1 N–H and O–H groups in total. The molecule has 4 nitrogen and oxygen atoms in total. The van der Waals surface area contributed by atoms with Gasteiger partial charge in [-0.3, -0.25) is 4.79 Å². The van der Waals surface area contributed by atoms with Crippen molar-refractivity contribution in [2.75, 3.05) is 24.3 Å². The van der Waals surface area contributed by atoms with Crippen LogP contribution in [0.25, 0.3) is 0 Å². The van der Waals surface area contributed by atoms with Gasteiger partial charge in [-0.2, -0.15) is 0 Å².